The molecule has 28 heavy (non-hydrogen) atoms. The first-order chi connectivity index (χ1) is 13.7. The van der Waals surface area contributed by atoms with Crippen molar-refractivity contribution >= 4 is 0 Å². The summed E-state index contributed by atoms with van der Waals surface area (Å²) in [5.41, 5.74) is 0.646. The van der Waals surface area contributed by atoms with Crippen molar-refractivity contribution in [3.8, 4) is 6.07 Å². The first-order valence-corrected chi connectivity index (χ1v) is 12.0. The van der Waals surface area contributed by atoms with Gasteiger partial charge in [0.25, 0.3) is 0 Å². The Balaban J connectivity index is 3.37. The van der Waals surface area contributed by atoms with Crippen LogP contribution in [0.2, 0.25) is 0 Å². The van der Waals surface area contributed by atoms with Crippen LogP contribution in [0.1, 0.15) is 110 Å². The Labute approximate surface area is 176 Å². The summed E-state index contributed by atoms with van der Waals surface area (Å²) in [6, 6.07) is 2.15. The molecular formula is C25H48N2O. The van der Waals surface area contributed by atoms with E-state index in [2.05, 4.69) is 24.5 Å². The zero-order valence-corrected chi connectivity index (χ0v) is 19.2. The van der Waals surface area contributed by atoms with Crippen LogP contribution in [0.3, 0.4) is 0 Å². The highest BCUT2D eigenvalue weighted by Gasteiger charge is 2.06. The summed E-state index contributed by atoms with van der Waals surface area (Å²) in [5, 5.41) is 8.91. The van der Waals surface area contributed by atoms with Crippen LogP contribution in [-0.4, -0.2) is 38.3 Å². The molecule has 0 radical (unpaired) electrons. The maximum atomic E-state index is 8.91. The van der Waals surface area contributed by atoms with Crippen LogP contribution in [0.25, 0.3) is 0 Å². The van der Waals surface area contributed by atoms with Gasteiger partial charge in [0.05, 0.1) is 12.7 Å². The molecule has 0 aliphatic heterocycles. The number of ether oxygens (including phenoxy) is 1. The van der Waals surface area contributed by atoms with E-state index in [4.69, 9.17) is 10.00 Å². The van der Waals surface area contributed by atoms with Crippen LogP contribution in [0.4, 0.5) is 0 Å². The molecule has 0 aromatic heterocycles. The van der Waals surface area contributed by atoms with Gasteiger partial charge in [0, 0.05) is 25.8 Å². The van der Waals surface area contributed by atoms with Crippen molar-refractivity contribution in [2.45, 2.75) is 110 Å². The minimum Gasteiger partial charge on any atom is -0.383 e. The SMILES string of the molecule is C=C(C#N)CN(CCCCCCCCCCCCCCCCCC)CCOC. The van der Waals surface area contributed by atoms with Crippen molar-refractivity contribution in [1.82, 2.24) is 4.90 Å². The first-order valence-electron chi connectivity index (χ1n) is 12.0. The Kier molecular flexibility index (Phi) is 21.8. The van der Waals surface area contributed by atoms with E-state index in [1.165, 1.54) is 103 Å². The molecule has 0 aliphatic rings. The topological polar surface area (TPSA) is 36.3 Å². The lowest BCUT2D eigenvalue weighted by molar-refractivity contribution is 0.152. The Bertz CT molecular complexity index is 375. The molecule has 0 aliphatic carbocycles. The number of nitriles is 1. The van der Waals surface area contributed by atoms with E-state index in [1.807, 2.05) is 0 Å². The number of hydrogen-bond acceptors (Lipinski definition) is 3. The number of methoxy groups -OCH3 is 1. The van der Waals surface area contributed by atoms with Gasteiger partial charge >= 0.3 is 0 Å². The molecule has 0 rings (SSSR count). The van der Waals surface area contributed by atoms with Crippen molar-refractivity contribution in [3.63, 3.8) is 0 Å². The van der Waals surface area contributed by atoms with E-state index >= 15 is 0 Å². The fourth-order valence-electron chi connectivity index (χ4n) is 3.68. The van der Waals surface area contributed by atoms with E-state index in [1.54, 1.807) is 7.11 Å². The molecular weight excluding hydrogens is 344 g/mol. The van der Waals surface area contributed by atoms with Crippen molar-refractivity contribution in [3.05, 3.63) is 12.2 Å². The third kappa shape index (κ3) is 19.9. The molecule has 0 atom stereocenters. The molecule has 0 aromatic carbocycles. The molecule has 0 saturated heterocycles. The molecule has 0 spiro atoms. The quantitative estimate of drug-likeness (QED) is 0.143. The average molecular weight is 393 g/mol. The Morgan fingerprint density at radius 2 is 1.18 bits per heavy atom. The molecule has 0 aromatic rings. The number of unbranched alkanes of at least 4 members (excludes halogenated alkanes) is 15. The Morgan fingerprint density at radius 1 is 0.750 bits per heavy atom. The standard InChI is InChI=1S/C25H48N2O/c1-4-5-6-7-8-9-10-11-12-13-14-15-16-17-18-19-20-27(21-22-28-3)24-25(2)23-26/h2,4-22,24H2,1,3H3. The maximum absolute atomic E-state index is 8.91. The van der Waals surface area contributed by atoms with Crippen LogP contribution in [0.15, 0.2) is 12.2 Å². The van der Waals surface area contributed by atoms with Crippen molar-refractivity contribution in [2.75, 3.05) is 33.4 Å². The summed E-state index contributed by atoms with van der Waals surface area (Å²) < 4.78 is 5.17. The summed E-state index contributed by atoms with van der Waals surface area (Å²) in [6.07, 6.45) is 22.4. The van der Waals surface area contributed by atoms with Crippen LogP contribution in [0, 0.1) is 11.3 Å². The van der Waals surface area contributed by atoms with Gasteiger partial charge in [-0.25, -0.2) is 0 Å². The highest BCUT2D eigenvalue weighted by atomic mass is 16.5. The van der Waals surface area contributed by atoms with Crippen molar-refractivity contribution < 1.29 is 4.74 Å². The lowest BCUT2D eigenvalue weighted by Gasteiger charge is -2.21. The van der Waals surface area contributed by atoms with Gasteiger partial charge in [-0.3, -0.25) is 4.90 Å². The van der Waals surface area contributed by atoms with E-state index in [0.717, 1.165) is 19.7 Å². The largest absolute Gasteiger partial charge is 0.383 e. The second-order valence-electron chi connectivity index (χ2n) is 8.29. The van der Waals surface area contributed by atoms with Gasteiger partial charge in [-0.2, -0.15) is 5.26 Å². The molecule has 164 valence electrons. The fourth-order valence-corrected chi connectivity index (χ4v) is 3.68. The highest BCUT2D eigenvalue weighted by Crippen LogP contribution is 2.14. The van der Waals surface area contributed by atoms with E-state index in [9.17, 15) is 0 Å². The summed E-state index contributed by atoms with van der Waals surface area (Å²) in [6.45, 7) is 9.42. The van der Waals surface area contributed by atoms with Crippen LogP contribution in [-0.2, 0) is 4.74 Å². The highest BCUT2D eigenvalue weighted by molar-refractivity contribution is 5.17. The monoisotopic (exact) mass is 392 g/mol. The van der Waals surface area contributed by atoms with Gasteiger partial charge in [-0.1, -0.05) is 110 Å². The molecule has 0 saturated carbocycles. The molecule has 0 unspecified atom stereocenters. The lowest BCUT2D eigenvalue weighted by atomic mass is 10.0. The third-order valence-corrected chi connectivity index (χ3v) is 5.51. The average Bonchev–Trinajstić information content (AvgIpc) is 2.71. The normalized spacial score (nSPS) is 11.1. The van der Waals surface area contributed by atoms with E-state index in [0.29, 0.717) is 12.1 Å². The van der Waals surface area contributed by atoms with Gasteiger partial charge in [0.1, 0.15) is 0 Å². The molecule has 0 heterocycles. The van der Waals surface area contributed by atoms with Crippen LogP contribution in [0.5, 0.6) is 0 Å². The zero-order chi connectivity index (χ0) is 20.7. The smallest absolute Gasteiger partial charge is 0.0954 e. The van der Waals surface area contributed by atoms with Gasteiger partial charge in [0.15, 0.2) is 0 Å². The minimum atomic E-state index is 0.646. The van der Waals surface area contributed by atoms with Gasteiger partial charge < -0.3 is 4.74 Å². The second kappa shape index (κ2) is 22.4. The summed E-state index contributed by atoms with van der Waals surface area (Å²) >= 11 is 0. The molecule has 3 heteroatoms. The minimum absolute atomic E-state index is 0.646. The van der Waals surface area contributed by atoms with Crippen molar-refractivity contribution in [1.29, 1.82) is 5.26 Å². The van der Waals surface area contributed by atoms with Crippen LogP contribution < -0.4 is 0 Å². The summed E-state index contributed by atoms with van der Waals surface area (Å²) in [4.78, 5) is 2.29. The third-order valence-electron chi connectivity index (χ3n) is 5.51. The molecule has 0 fully saturated rings. The van der Waals surface area contributed by atoms with Crippen molar-refractivity contribution in [2.24, 2.45) is 0 Å². The molecule has 0 amide bonds. The predicted octanol–water partition coefficient (Wildman–Crippen LogP) is 7.28. The number of hydrogen-bond donors (Lipinski definition) is 0. The Hall–Kier alpha value is -0.850. The lowest BCUT2D eigenvalue weighted by Crippen LogP contribution is -2.30. The van der Waals surface area contributed by atoms with E-state index in [-0.39, 0.29) is 0 Å². The first kappa shape index (κ1) is 27.1. The zero-order valence-electron chi connectivity index (χ0n) is 19.2. The Morgan fingerprint density at radius 3 is 1.57 bits per heavy atom. The molecule has 0 N–H and O–H groups in total. The van der Waals surface area contributed by atoms with Crippen LogP contribution >= 0.6 is 0 Å². The number of rotatable bonds is 22. The summed E-state index contributed by atoms with van der Waals surface area (Å²) in [7, 11) is 1.73. The predicted molar refractivity (Wildman–Crippen MR) is 123 cm³/mol. The van der Waals surface area contributed by atoms with Gasteiger partial charge in [0.2, 0.25) is 0 Å². The van der Waals surface area contributed by atoms with Gasteiger partial charge in [-0.05, 0) is 13.0 Å². The molecule has 3 nitrogen and oxygen atoms in total. The van der Waals surface area contributed by atoms with Gasteiger partial charge in [-0.15, -0.1) is 0 Å². The second-order valence-corrected chi connectivity index (χ2v) is 8.29. The van der Waals surface area contributed by atoms with E-state index < -0.39 is 0 Å². The maximum Gasteiger partial charge on any atom is 0.0954 e. The molecule has 0 bridgehead atoms. The number of nitrogens with zero attached hydrogens (tertiary/aromatic N) is 2. The summed E-state index contributed by atoms with van der Waals surface area (Å²) in [5.74, 6) is 0. The fraction of sp³-hybridized carbons (Fsp3) is 0.880.